The molecule has 102 valence electrons. The molecule has 0 spiro atoms. The van der Waals surface area contributed by atoms with E-state index < -0.39 is 0 Å². The summed E-state index contributed by atoms with van der Waals surface area (Å²) in [6, 6.07) is -0.0244. The molecule has 1 unspecified atom stereocenters. The maximum Gasteiger partial charge on any atom is 0.237 e. The molecule has 1 aromatic rings. The van der Waals surface area contributed by atoms with Gasteiger partial charge in [-0.05, 0) is 27.2 Å². The van der Waals surface area contributed by atoms with Crippen molar-refractivity contribution >= 4 is 5.91 Å². The summed E-state index contributed by atoms with van der Waals surface area (Å²) in [7, 11) is 1.91. The van der Waals surface area contributed by atoms with E-state index in [2.05, 4.69) is 22.7 Å². The van der Waals surface area contributed by atoms with Crippen LogP contribution < -0.4 is 10.6 Å². The Hall–Kier alpha value is -1.36. The van der Waals surface area contributed by atoms with Crippen molar-refractivity contribution in [1.82, 2.24) is 20.4 Å². The van der Waals surface area contributed by atoms with E-state index in [0.717, 1.165) is 17.7 Å². The van der Waals surface area contributed by atoms with Crippen molar-refractivity contribution in [2.45, 2.75) is 52.7 Å². The standard InChI is InChI=1S/C13H24N4O/c1-6-12-11(8-17(5)16-12)7-14-10(4)13(18)15-9(2)3/h8-10,14H,6-7H2,1-5H3,(H,15,18). The number of nitrogens with zero attached hydrogens (tertiary/aromatic N) is 2. The van der Waals surface area contributed by atoms with Gasteiger partial charge in [-0.2, -0.15) is 5.10 Å². The van der Waals surface area contributed by atoms with Crippen LogP contribution in [0.1, 0.15) is 39.0 Å². The molecule has 0 aliphatic rings. The normalized spacial score (nSPS) is 12.8. The molecule has 0 aromatic carbocycles. The fourth-order valence-corrected chi connectivity index (χ4v) is 1.79. The number of aromatic nitrogens is 2. The lowest BCUT2D eigenvalue weighted by Gasteiger charge is -2.15. The van der Waals surface area contributed by atoms with Crippen LogP contribution in [0.25, 0.3) is 0 Å². The maximum absolute atomic E-state index is 11.7. The number of carbonyl (C=O) groups is 1. The van der Waals surface area contributed by atoms with E-state index in [-0.39, 0.29) is 18.0 Å². The van der Waals surface area contributed by atoms with Gasteiger partial charge in [0.1, 0.15) is 0 Å². The van der Waals surface area contributed by atoms with E-state index in [4.69, 9.17) is 0 Å². The lowest BCUT2D eigenvalue weighted by molar-refractivity contribution is -0.123. The minimum Gasteiger partial charge on any atom is -0.353 e. The molecule has 0 fully saturated rings. The van der Waals surface area contributed by atoms with Gasteiger partial charge in [0.25, 0.3) is 0 Å². The van der Waals surface area contributed by atoms with Crippen LogP contribution in [0.3, 0.4) is 0 Å². The number of amides is 1. The highest BCUT2D eigenvalue weighted by Crippen LogP contribution is 2.06. The first-order chi connectivity index (χ1) is 8.43. The summed E-state index contributed by atoms with van der Waals surface area (Å²) in [6.07, 6.45) is 2.91. The van der Waals surface area contributed by atoms with Crippen LogP contribution in [-0.2, 0) is 24.8 Å². The highest BCUT2D eigenvalue weighted by Gasteiger charge is 2.14. The van der Waals surface area contributed by atoms with Crippen molar-refractivity contribution in [3.8, 4) is 0 Å². The zero-order valence-electron chi connectivity index (χ0n) is 11.9. The second kappa shape index (κ2) is 6.54. The minimum atomic E-state index is -0.197. The van der Waals surface area contributed by atoms with Gasteiger partial charge in [-0.1, -0.05) is 6.92 Å². The van der Waals surface area contributed by atoms with Gasteiger partial charge in [-0.3, -0.25) is 9.48 Å². The fourth-order valence-electron chi connectivity index (χ4n) is 1.79. The van der Waals surface area contributed by atoms with Gasteiger partial charge in [-0.15, -0.1) is 0 Å². The number of rotatable bonds is 6. The summed E-state index contributed by atoms with van der Waals surface area (Å²) in [6.45, 7) is 8.55. The van der Waals surface area contributed by atoms with Crippen molar-refractivity contribution in [1.29, 1.82) is 0 Å². The fraction of sp³-hybridized carbons (Fsp3) is 0.692. The smallest absolute Gasteiger partial charge is 0.237 e. The zero-order chi connectivity index (χ0) is 13.7. The minimum absolute atomic E-state index is 0.0342. The predicted octanol–water partition coefficient (Wildman–Crippen LogP) is 0.985. The first-order valence-electron chi connectivity index (χ1n) is 6.49. The number of hydrogen-bond donors (Lipinski definition) is 2. The Bertz CT molecular complexity index is 398. The molecule has 1 heterocycles. The second-order valence-corrected chi connectivity index (χ2v) is 4.89. The average molecular weight is 252 g/mol. The molecule has 0 radical (unpaired) electrons. The molecule has 18 heavy (non-hydrogen) atoms. The van der Waals surface area contributed by atoms with Gasteiger partial charge < -0.3 is 10.6 Å². The van der Waals surface area contributed by atoms with Crippen LogP contribution in [0.2, 0.25) is 0 Å². The van der Waals surface area contributed by atoms with Gasteiger partial charge in [0.15, 0.2) is 0 Å². The van der Waals surface area contributed by atoms with Gasteiger partial charge >= 0.3 is 0 Å². The predicted molar refractivity (Wildman–Crippen MR) is 72.2 cm³/mol. The van der Waals surface area contributed by atoms with Crippen molar-refractivity contribution in [3.63, 3.8) is 0 Å². The highest BCUT2D eigenvalue weighted by molar-refractivity contribution is 5.81. The first kappa shape index (κ1) is 14.7. The quantitative estimate of drug-likeness (QED) is 0.793. The van der Waals surface area contributed by atoms with Crippen LogP contribution in [0.4, 0.5) is 0 Å². The van der Waals surface area contributed by atoms with Crippen LogP contribution in [0, 0.1) is 0 Å². The molecule has 1 rings (SSSR count). The topological polar surface area (TPSA) is 59.0 Å². The van der Waals surface area contributed by atoms with Crippen LogP contribution >= 0.6 is 0 Å². The van der Waals surface area contributed by atoms with Crippen LogP contribution in [0.15, 0.2) is 6.20 Å². The summed E-state index contributed by atoms with van der Waals surface area (Å²) in [4.78, 5) is 11.7. The summed E-state index contributed by atoms with van der Waals surface area (Å²) in [5.41, 5.74) is 2.24. The molecular weight excluding hydrogens is 228 g/mol. The van der Waals surface area contributed by atoms with E-state index in [1.165, 1.54) is 0 Å². The average Bonchev–Trinajstić information content (AvgIpc) is 2.65. The van der Waals surface area contributed by atoms with Crippen LogP contribution in [-0.4, -0.2) is 27.8 Å². The van der Waals surface area contributed by atoms with E-state index in [9.17, 15) is 4.79 Å². The molecule has 2 N–H and O–H groups in total. The SMILES string of the molecule is CCc1nn(C)cc1CNC(C)C(=O)NC(C)C. The van der Waals surface area contributed by atoms with Gasteiger partial charge in [-0.25, -0.2) is 0 Å². The van der Waals surface area contributed by atoms with E-state index in [1.54, 1.807) is 0 Å². The molecule has 0 aliphatic heterocycles. The Morgan fingerprint density at radius 2 is 2.11 bits per heavy atom. The molecular formula is C13H24N4O. The lowest BCUT2D eigenvalue weighted by Crippen LogP contribution is -2.44. The molecule has 0 bridgehead atoms. The van der Waals surface area contributed by atoms with E-state index in [1.807, 2.05) is 38.7 Å². The van der Waals surface area contributed by atoms with Gasteiger partial charge in [0.2, 0.25) is 5.91 Å². The Balaban J connectivity index is 2.51. The number of aryl methyl sites for hydroxylation is 2. The Kier molecular flexibility index (Phi) is 5.34. The third kappa shape index (κ3) is 4.14. The van der Waals surface area contributed by atoms with Crippen molar-refractivity contribution < 1.29 is 4.79 Å². The third-order valence-electron chi connectivity index (χ3n) is 2.75. The molecule has 5 heteroatoms. The monoisotopic (exact) mass is 252 g/mol. The summed E-state index contributed by atoms with van der Waals surface area (Å²) >= 11 is 0. The van der Waals surface area contributed by atoms with E-state index in [0.29, 0.717) is 6.54 Å². The Labute approximate surface area is 109 Å². The van der Waals surface area contributed by atoms with Crippen molar-refractivity contribution in [2.24, 2.45) is 7.05 Å². The largest absolute Gasteiger partial charge is 0.353 e. The zero-order valence-corrected chi connectivity index (χ0v) is 11.9. The van der Waals surface area contributed by atoms with Crippen LogP contribution in [0.5, 0.6) is 0 Å². The lowest BCUT2D eigenvalue weighted by atomic mass is 10.2. The second-order valence-electron chi connectivity index (χ2n) is 4.89. The maximum atomic E-state index is 11.7. The summed E-state index contributed by atoms with van der Waals surface area (Å²) in [5.74, 6) is 0.0342. The number of nitrogens with one attached hydrogen (secondary N) is 2. The number of hydrogen-bond acceptors (Lipinski definition) is 3. The molecule has 1 amide bonds. The van der Waals surface area contributed by atoms with Gasteiger partial charge in [0.05, 0.1) is 11.7 Å². The third-order valence-corrected chi connectivity index (χ3v) is 2.75. The molecule has 5 nitrogen and oxygen atoms in total. The molecule has 0 aliphatic carbocycles. The molecule has 0 saturated heterocycles. The summed E-state index contributed by atoms with van der Waals surface area (Å²) in [5, 5.41) is 10.5. The highest BCUT2D eigenvalue weighted by atomic mass is 16.2. The number of carbonyl (C=O) groups excluding carboxylic acids is 1. The molecule has 0 saturated carbocycles. The van der Waals surface area contributed by atoms with Gasteiger partial charge in [0, 0.05) is 31.4 Å². The Morgan fingerprint density at radius 3 is 2.67 bits per heavy atom. The molecule has 1 atom stereocenters. The van der Waals surface area contributed by atoms with E-state index >= 15 is 0 Å². The summed E-state index contributed by atoms with van der Waals surface area (Å²) < 4.78 is 1.81. The first-order valence-corrected chi connectivity index (χ1v) is 6.49. The molecule has 1 aromatic heterocycles. The Morgan fingerprint density at radius 1 is 1.44 bits per heavy atom. The van der Waals surface area contributed by atoms with Crippen molar-refractivity contribution in [3.05, 3.63) is 17.5 Å². The van der Waals surface area contributed by atoms with Crippen molar-refractivity contribution in [2.75, 3.05) is 0 Å².